The van der Waals surface area contributed by atoms with Crippen LogP contribution in [-0.2, 0) is 6.54 Å². The van der Waals surface area contributed by atoms with E-state index in [1.807, 2.05) is 31.2 Å². The summed E-state index contributed by atoms with van der Waals surface area (Å²) < 4.78 is 13.9. The molecule has 3 N–H and O–H groups in total. The maximum absolute atomic E-state index is 13.4. The highest BCUT2D eigenvalue weighted by atomic mass is 79.9. The number of halogens is 2. The SMILES string of the molecule is Cc1ccccc1CNC(=S)Nc1cc(Br)cc(F)c1O. The highest BCUT2D eigenvalue weighted by Crippen LogP contribution is 2.30. The van der Waals surface area contributed by atoms with Crippen LogP contribution < -0.4 is 10.6 Å². The lowest BCUT2D eigenvalue weighted by Crippen LogP contribution is -2.28. The van der Waals surface area contributed by atoms with Crippen LogP contribution >= 0.6 is 28.1 Å². The van der Waals surface area contributed by atoms with E-state index in [2.05, 4.69) is 26.6 Å². The van der Waals surface area contributed by atoms with Crippen molar-refractivity contribution in [3.05, 3.63) is 57.8 Å². The van der Waals surface area contributed by atoms with Crippen molar-refractivity contribution in [2.45, 2.75) is 13.5 Å². The van der Waals surface area contributed by atoms with E-state index >= 15 is 0 Å². The fourth-order valence-corrected chi connectivity index (χ4v) is 2.42. The van der Waals surface area contributed by atoms with Gasteiger partial charge in [0.2, 0.25) is 0 Å². The smallest absolute Gasteiger partial charge is 0.175 e. The molecule has 0 spiro atoms. The molecule has 2 aromatic carbocycles. The Morgan fingerprint density at radius 1 is 1.33 bits per heavy atom. The van der Waals surface area contributed by atoms with Crippen molar-refractivity contribution in [2.75, 3.05) is 5.32 Å². The van der Waals surface area contributed by atoms with E-state index in [1.165, 1.54) is 6.07 Å². The van der Waals surface area contributed by atoms with Crippen LogP contribution in [0.15, 0.2) is 40.9 Å². The van der Waals surface area contributed by atoms with Crippen LogP contribution in [0.1, 0.15) is 11.1 Å². The minimum absolute atomic E-state index is 0.212. The number of aryl methyl sites for hydroxylation is 1. The number of hydrogen-bond acceptors (Lipinski definition) is 2. The lowest BCUT2D eigenvalue weighted by molar-refractivity contribution is 0.434. The van der Waals surface area contributed by atoms with Crippen LogP contribution in [0.5, 0.6) is 5.75 Å². The van der Waals surface area contributed by atoms with Gasteiger partial charge in [-0.05, 0) is 42.4 Å². The molecule has 0 bridgehead atoms. The quantitative estimate of drug-likeness (QED) is 0.563. The summed E-state index contributed by atoms with van der Waals surface area (Å²) in [5.41, 5.74) is 2.49. The van der Waals surface area contributed by atoms with E-state index < -0.39 is 11.6 Å². The normalized spacial score (nSPS) is 10.2. The van der Waals surface area contributed by atoms with Crippen molar-refractivity contribution >= 4 is 38.9 Å². The molecule has 3 nitrogen and oxygen atoms in total. The Morgan fingerprint density at radius 2 is 2.05 bits per heavy atom. The zero-order valence-corrected chi connectivity index (χ0v) is 13.7. The van der Waals surface area contributed by atoms with Crippen molar-refractivity contribution in [3.63, 3.8) is 0 Å². The van der Waals surface area contributed by atoms with Crippen molar-refractivity contribution in [3.8, 4) is 5.75 Å². The number of benzene rings is 2. The first-order valence-electron chi connectivity index (χ1n) is 6.24. The molecule has 21 heavy (non-hydrogen) atoms. The first kappa shape index (κ1) is 15.7. The number of thiocarbonyl (C=S) groups is 1. The third kappa shape index (κ3) is 4.15. The van der Waals surface area contributed by atoms with Gasteiger partial charge in [0.05, 0.1) is 5.69 Å². The van der Waals surface area contributed by atoms with Gasteiger partial charge in [-0.1, -0.05) is 40.2 Å². The van der Waals surface area contributed by atoms with Crippen molar-refractivity contribution in [2.24, 2.45) is 0 Å². The number of nitrogens with one attached hydrogen (secondary N) is 2. The molecule has 0 aromatic heterocycles. The fraction of sp³-hybridized carbons (Fsp3) is 0.133. The zero-order valence-electron chi connectivity index (χ0n) is 11.3. The maximum atomic E-state index is 13.4. The molecule has 0 heterocycles. The standard InChI is InChI=1S/C15H14BrFN2OS/c1-9-4-2-3-5-10(9)8-18-15(21)19-13-7-11(16)6-12(17)14(13)20/h2-7,20H,8H2,1H3,(H2,18,19,21). The molecule has 0 radical (unpaired) electrons. The third-order valence-electron chi connectivity index (χ3n) is 2.98. The van der Waals surface area contributed by atoms with E-state index in [4.69, 9.17) is 12.2 Å². The van der Waals surface area contributed by atoms with Crippen LogP contribution in [0.25, 0.3) is 0 Å². The summed E-state index contributed by atoms with van der Waals surface area (Å²) >= 11 is 8.32. The summed E-state index contributed by atoms with van der Waals surface area (Å²) in [7, 11) is 0. The second-order valence-electron chi connectivity index (χ2n) is 4.52. The topological polar surface area (TPSA) is 44.3 Å². The fourth-order valence-electron chi connectivity index (χ4n) is 1.81. The highest BCUT2D eigenvalue weighted by molar-refractivity contribution is 9.10. The summed E-state index contributed by atoms with van der Waals surface area (Å²) in [6, 6.07) is 10.7. The summed E-state index contributed by atoms with van der Waals surface area (Å²) in [5.74, 6) is -1.17. The second-order valence-corrected chi connectivity index (χ2v) is 5.84. The van der Waals surface area contributed by atoms with E-state index in [9.17, 15) is 9.50 Å². The molecule has 0 unspecified atom stereocenters. The van der Waals surface area contributed by atoms with E-state index in [0.717, 1.165) is 11.1 Å². The molecule has 0 fully saturated rings. The molecule has 2 aromatic rings. The zero-order chi connectivity index (χ0) is 15.4. The van der Waals surface area contributed by atoms with Crippen molar-refractivity contribution in [1.29, 1.82) is 0 Å². The van der Waals surface area contributed by atoms with Gasteiger partial charge in [0.15, 0.2) is 16.7 Å². The summed E-state index contributed by atoms with van der Waals surface area (Å²) in [4.78, 5) is 0. The highest BCUT2D eigenvalue weighted by Gasteiger charge is 2.10. The molecule has 0 amide bonds. The first-order chi connectivity index (χ1) is 9.97. The van der Waals surface area contributed by atoms with Gasteiger partial charge in [0.25, 0.3) is 0 Å². The van der Waals surface area contributed by atoms with Crippen LogP contribution in [-0.4, -0.2) is 10.2 Å². The number of aromatic hydroxyl groups is 1. The van der Waals surface area contributed by atoms with Gasteiger partial charge in [-0.3, -0.25) is 0 Å². The number of hydrogen-bond donors (Lipinski definition) is 3. The molecule has 6 heteroatoms. The third-order valence-corrected chi connectivity index (χ3v) is 3.68. The van der Waals surface area contributed by atoms with Crippen LogP contribution in [0.4, 0.5) is 10.1 Å². The van der Waals surface area contributed by atoms with E-state index in [1.54, 1.807) is 6.07 Å². The van der Waals surface area contributed by atoms with Crippen LogP contribution in [0.2, 0.25) is 0 Å². The minimum Gasteiger partial charge on any atom is -0.503 e. The average molecular weight is 369 g/mol. The Balaban J connectivity index is 2.01. The molecule has 0 atom stereocenters. The van der Waals surface area contributed by atoms with Gasteiger partial charge in [0.1, 0.15) is 0 Å². The van der Waals surface area contributed by atoms with Gasteiger partial charge in [0, 0.05) is 11.0 Å². The van der Waals surface area contributed by atoms with E-state index in [0.29, 0.717) is 16.1 Å². The molecule has 2 rings (SSSR count). The number of phenols is 1. The van der Waals surface area contributed by atoms with Crippen LogP contribution in [0, 0.1) is 12.7 Å². The van der Waals surface area contributed by atoms with Gasteiger partial charge in [-0.2, -0.15) is 0 Å². The number of anilines is 1. The average Bonchev–Trinajstić information content (AvgIpc) is 2.43. The molecule has 0 aliphatic carbocycles. The van der Waals surface area contributed by atoms with Gasteiger partial charge < -0.3 is 15.7 Å². The van der Waals surface area contributed by atoms with Gasteiger partial charge in [-0.25, -0.2) is 4.39 Å². The summed E-state index contributed by atoms with van der Waals surface area (Å²) in [5, 5.41) is 15.8. The lowest BCUT2D eigenvalue weighted by atomic mass is 10.1. The monoisotopic (exact) mass is 368 g/mol. The molecule has 0 saturated heterocycles. The van der Waals surface area contributed by atoms with Crippen molar-refractivity contribution in [1.82, 2.24) is 5.32 Å². The minimum atomic E-state index is -0.714. The molecular formula is C15H14BrFN2OS. The molecule has 110 valence electrons. The Bertz CT molecular complexity index is 679. The van der Waals surface area contributed by atoms with Gasteiger partial charge >= 0.3 is 0 Å². The van der Waals surface area contributed by atoms with Crippen LogP contribution in [0.3, 0.4) is 0 Å². The Hall–Kier alpha value is -1.66. The Kier molecular flexibility index (Phi) is 5.14. The second kappa shape index (κ2) is 6.87. The first-order valence-corrected chi connectivity index (χ1v) is 7.45. The summed E-state index contributed by atoms with van der Waals surface area (Å²) in [6.45, 7) is 2.57. The van der Waals surface area contributed by atoms with E-state index in [-0.39, 0.29) is 5.69 Å². The number of rotatable bonds is 3. The predicted octanol–water partition coefficient (Wildman–Crippen LogP) is 4.09. The molecule has 0 aliphatic rings. The Labute approximate surface area is 136 Å². The Morgan fingerprint density at radius 3 is 2.76 bits per heavy atom. The number of phenolic OH excluding ortho intramolecular Hbond substituents is 1. The summed E-state index contributed by atoms with van der Waals surface area (Å²) in [6.07, 6.45) is 0. The predicted molar refractivity (Wildman–Crippen MR) is 90.0 cm³/mol. The molecule has 0 aliphatic heterocycles. The van der Waals surface area contributed by atoms with Gasteiger partial charge in [-0.15, -0.1) is 0 Å². The van der Waals surface area contributed by atoms with Crippen molar-refractivity contribution < 1.29 is 9.50 Å². The molecular weight excluding hydrogens is 355 g/mol. The largest absolute Gasteiger partial charge is 0.503 e. The maximum Gasteiger partial charge on any atom is 0.175 e. The lowest BCUT2D eigenvalue weighted by Gasteiger charge is -2.13. The molecule has 0 saturated carbocycles.